The Morgan fingerprint density at radius 2 is 1.82 bits per heavy atom. The van der Waals surface area contributed by atoms with Gasteiger partial charge >= 0.3 is 0 Å². The summed E-state index contributed by atoms with van der Waals surface area (Å²) in [5, 5.41) is 2.97. The van der Waals surface area contributed by atoms with Crippen LogP contribution in [0.2, 0.25) is 5.02 Å². The first-order valence-corrected chi connectivity index (χ1v) is 6.35. The van der Waals surface area contributed by atoms with Crippen molar-refractivity contribution < 1.29 is 14.8 Å². The van der Waals surface area contributed by atoms with Crippen LogP contribution in [-0.2, 0) is 4.74 Å². The lowest BCUT2D eigenvalue weighted by atomic mass is 10.3. The third-order valence-corrected chi connectivity index (χ3v) is 2.46. The molecule has 0 aliphatic rings. The van der Waals surface area contributed by atoms with E-state index in [1.807, 2.05) is 24.3 Å². The molecule has 0 saturated carbocycles. The van der Waals surface area contributed by atoms with Crippen LogP contribution in [0.15, 0.2) is 24.3 Å². The molecular formula is C13H21ClNO2+. The van der Waals surface area contributed by atoms with E-state index in [4.69, 9.17) is 21.1 Å². The number of nitrogens with two attached hydrogens (primary N) is 1. The molecule has 0 spiro atoms. The minimum Gasteiger partial charge on any atom is -0.491 e. The molecule has 0 atom stereocenters. The van der Waals surface area contributed by atoms with Crippen molar-refractivity contribution >= 4 is 11.6 Å². The van der Waals surface area contributed by atoms with Gasteiger partial charge in [0.25, 0.3) is 0 Å². The van der Waals surface area contributed by atoms with E-state index in [1.54, 1.807) is 0 Å². The number of ether oxygens (including phenoxy) is 2. The van der Waals surface area contributed by atoms with Gasteiger partial charge in [-0.3, -0.25) is 0 Å². The van der Waals surface area contributed by atoms with Gasteiger partial charge in [0, 0.05) is 5.02 Å². The summed E-state index contributed by atoms with van der Waals surface area (Å²) in [6.07, 6.45) is 0. The summed E-state index contributed by atoms with van der Waals surface area (Å²) in [6, 6.07) is 7.97. The van der Waals surface area contributed by atoms with Crippen molar-refractivity contribution in [1.29, 1.82) is 0 Å². The maximum Gasteiger partial charge on any atom is 0.119 e. The van der Waals surface area contributed by atoms with Crippen molar-refractivity contribution in [2.45, 2.75) is 19.9 Å². The van der Waals surface area contributed by atoms with Crippen LogP contribution in [0.3, 0.4) is 0 Å². The van der Waals surface area contributed by atoms with Gasteiger partial charge in [-0.05, 0) is 38.1 Å². The average Bonchev–Trinajstić information content (AvgIpc) is 2.30. The summed E-state index contributed by atoms with van der Waals surface area (Å²) in [5.41, 5.74) is 0. The Bertz CT molecular complexity index is 301. The van der Waals surface area contributed by atoms with E-state index in [9.17, 15) is 0 Å². The highest BCUT2D eigenvalue weighted by molar-refractivity contribution is 6.30. The van der Waals surface area contributed by atoms with Crippen LogP contribution in [0.4, 0.5) is 0 Å². The zero-order valence-electron chi connectivity index (χ0n) is 10.5. The van der Waals surface area contributed by atoms with Crippen molar-refractivity contribution in [1.82, 2.24) is 0 Å². The first kappa shape index (κ1) is 14.3. The molecule has 1 aromatic rings. The minimum atomic E-state index is 0.573. The summed E-state index contributed by atoms with van der Waals surface area (Å²) in [5.74, 6) is 0.826. The van der Waals surface area contributed by atoms with Gasteiger partial charge < -0.3 is 14.8 Å². The van der Waals surface area contributed by atoms with Crippen LogP contribution in [0.25, 0.3) is 0 Å². The Balaban J connectivity index is 1.99. The van der Waals surface area contributed by atoms with Gasteiger partial charge in [-0.15, -0.1) is 0 Å². The third kappa shape index (κ3) is 7.21. The van der Waals surface area contributed by atoms with Gasteiger partial charge in [0.05, 0.1) is 25.8 Å². The van der Waals surface area contributed by atoms with Gasteiger partial charge in [-0.2, -0.15) is 0 Å². The number of halogens is 1. The lowest BCUT2D eigenvalue weighted by molar-refractivity contribution is -0.684. The lowest BCUT2D eigenvalue weighted by Crippen LogP contribution is -2.89. The van der Waals surface area contributed by atoms with Crippen LogP contribution in [0.1, 0.15) is 13.8 Å². The topological polar surface area (TPSA) is 35.1 Å². The molecule has 0 amide bonds. The largest absolute Gasteiger partial charge is 0.491 e. The van der Waals surface area contributed by atoms with Crippen LogP contribution >= 0.6 is 11.6 Å². The molecule has 0 bridgehead atoms. The van der Waals surface area contributed by atoms with Gasteiger partial charge in [0.1, 0.15) is 12.4 Å². The predicted molar refractivity (Wildman–Crippen MR) is 69.7 cm³/mol. The normalized spacial score (nSPS) is 10.8. The fourth-order valence-corrected chi connectivity index (χ4v) is 1.46. The van der Waals surface area contributed by atoms with Gasteiger partial charge in [0.15, 0.2) is 0 Å². The molecule has 0 heterocycles. The van der Waals surface area contributed by atoms with Crippen molar-refractivity contribution in [3.8, 4) is 5.75 Å². The Hall–Kier alpha value is -0.770. The van der Waals surface area contributed by atoms with Crippen molar-refractivity contribution in [3.63, 3.8) is 0 Å². The SMILES string of the molecule is CC(C)[NH2+]CCOCCOc1ccc(Cl)cc1. The Kier molecular flexibility index (Phi) is 7.01. The number of rotatable bonds is 8. The maximum atomic E-state index is 5.77. The number of hydrogen-bond acceptors (Lipinski definition) is 2. The lowest BCUT2D eigenvalue weighted by Gasteiger charge is -2.08. The minimum absolute atomic E-state index is 0.573. The molecule has 17 heavy (non-hydrogen) atoms. The third-order valence-electron chi connectivity index (χ3n) is 2.21. The molecular weight excluding hydrogens is 238 g/mol. The van der Waals surface area contributed by atoms with Crippen LogP contribution in [0, 0.1) is 0 Å². The first-order valence-electron chi connectivity index (χ1n) is 5.98. The molecule has 4 heteroatoms. The molecule has 0 fully saturated rings. The zero-order chi connectivity index (χ0) is 12.5. The predicted octanol–water partition coefficient (Wildman–Crippen LogP) is 1.71. The molecule has 0 aliphatic carbocycles. The summed E-state index contributed by atoms with van der Waals surface area (Å²) in [4.78, 5) is 0. The summed E-state index contributed by atoms with van der Waals surface area (Å²) in [7, 11) is 0. The molecule has 0 unspecified atom stereocenters. The molecule has 0 aromatic heterocycles. The molecule has 3 nitrogen and oxygen atoms in total. The van der Waals surface area contributed by atoms with E-state index in [-0.39, 0.29) is 0 Å². The second-order valence-electron chi connectivity index (χ2n) is 4.18. The number of quaternary nitrogens is 1. The first-order chi connectivity index (χ1) is 8.18. The second-order valence-corrected chi connectivity index (χ2v) is 4.62. The molecule has 0 radical (unpaired) electrons. The summed E-state index contributed by atoms with van der Waals surface area (Å²) < 4.78 is 10.9. The molecule has 0 aliphatic heterocycles. The zero-order valence-corrected chi connectivity index (χ0v) is 11.2. The smallest absolute Gasteiger partial charge is 0.119 e. The standard InChI is InChI=1S/C13H20ClNO2/c1-11(2)15-7-8-16-9-10-17-13-5-3-12(14)4-6-13/h3-6,11,15H,7-10H2,1-2H3/p+1. The quantitative estimate of drug-likeness (QED) is 0.721. The van der Waals surface area contributed by atoms with Crippen molar-refractivity contribution in [3.05, 3.63) is 29.3 Å². The fraction of sp³-hybridized carbons (Fsp3) is 0.538. The monoisotopic (exact) mass is 258 g/mol. The van der Waals surface area contributed by atoms with E-state index < -0.39 is 0 Å². The van der Waals surface area contributed by atoms with Gasteiger partial charge in [0.2, 0.25) is 0 Å². The summed E-state index contributed by atoms with van der Waals surface area (Å²) >= 11 is 5.77. The van der Waals surface area contributed by atoms with Gasteiger partial charge in [-0.1, -0.05) is 11.6 Å². The number of benzene rings is 1. The van der Waals surface area contributed by atoms with Gasteiger partial charge in [-0.25, -0.2) is 0 Å². The van der Waals surface area contributed by atoms with E-state index >= 15 is 0 Å². The van der Waals surface area contributed by atoms with Crippen molar-refractivity contribution in [2.24, 2.45) is 0 Å². The Morgan fingerprint density at radius 3 is 2.47 bits per heavy atom. The van der Waals surface area contributed by atoms with Crippen molar-refractivity contribution in [2.75, 3.05) is 26.4 Å². The average molecular weight is 259 g/mol. The van der Waals surface area contributed by atoms with Crippen LogP contribution in [0.5, 0.6) is 5.75 Å². The molecule has 1 aromatic carbocycles. The fourth-order valence-electron chi connectivity index (χ4n) is 1.34. The molecule has 1 rings (SSSR count). The molecule has 96 valence electrons. The molecule has 2 N–H and O–H groups in total. The Morgan fingerprint density at radius 1 is 1.12 bits per heavy atom. The summed E-state index contributed by atoms with van der Waals surface area (Å²) in [6.45, 7) is 7.30. The Labute approximate surface area is 108 Å². The van der Waals surface area contributed by atoms with Crippen LogP contribution < -0.4 is 10.1 Å². The van der Waals surface area contributed by atoms with E-state index in [0.29, 0.717) is 19.3 Å². The van der Waals surface area contributed by atoms with E-state index in [0.717, 1.165) is 23.9 Å². The highest BCUT2D eigenvalue weighted by Crippen LogP contribution is 2.15. The van der Waals surface area contributed by atoms with E-state index in [2.05, 4.69) is 19.2 Å². The highest BCUT2D eigenvalue weighted by atomic mass is 35.5. The maximum absolute atomic E-state index is 5.77. The molecule has 0 saturated heterocycles. The number of hydrogen-bond donors (Lipinski definition) is 1. The van der Waals surface area contributed by atoms with Crippen LogP contribution in [-0.4, -0.2) is 32.4 Å². The van der Waals surface area contributed by atoms with E-state index in [1.165, 1.54) is 0 Å². The highest BCUT2D eigenvalue weighted by Gasteiger charge is 1.96. The second kappa shape index (κ2) is 8.34.